The predicted octanol–water partition coefficient (Wildman–Crippen LogP) is 23.0. The Morgan fingerprint density at radius 3 is 0.448 bits per heavy atom. The van der Waals surface area contributed by atoms with E-state index in [2.05, 4.69) is 39.9 Å². The van der Waals surface area contributed by atoms with Gasteiger partial charge in [0.1, 0.15) is 46.0 Å². The molecule has 0 N–H and O–H groups in total. The van der Waals surface area contributed by atoms with E-state index >= 15 is 35.1 Å². The first-order valence-corrected chi connectivity index (χ1v) is 44.2. The normalized spacial score (nSPS) is 11.1. The molecule has 0 radical (unpaired) electrons. The molecule has 32 nitrogen and oxygen atoms in total. The maximum Gasteiger partial charge on any atom is 2.00 e. The van der Waals surface area contributed by atoms with E-state index in [1.165, 1.54) is 152 Å². The Labute approximate surface area is 827 Å². The minimum Gasteiger partial charge on any atom is -0.462 e. The zero-order valence-corrected chi connectivity index (χ0v) is 80.2. The van der Waals surface area contributed by atoms with Crippen molar-refractivity contribution in [2.75, 3.05) is 52.9 Å². The Bertz CT molecular complexity index is 6960. The third-order valence-electron chi connectivity index (χ3n) is 21.3. The minimum atomic E-state index is -1.76. The summed E-state index contributed by atoms with van der Waals surface area (Å²) in [4.78, 5) is 141. The molecule has 2 aliphatic rings. The van der Waals surface area contributed by atoms with E-state index in [0.29, 0.717) is 0 Å². The first kappa shape index (κ1) is 100. The molecule has 0 aliphatic carbocycles. The molecule has 0 amide bonds. The fourth-order valence-electron chi connectivity index (χ4n) is 14.8. The third kappa shape index (κ3) is 20.2. The number of fused-ring (bicyclic) bond motifs is 20. The van der Waals surface area contributed by atoms with Crippen molar-refractivity contribution in [2.45, 2.75) is 55.4 Å². The van der Waals surface area contributed by atoms with Gasteiger partial charge in [-0.25, -0.2) is 83.4 Å². The zero-order chi connectivity index (χ0) is 102. The molecule has 5 heterocycles. The Morgan fingerprint density at radius 2 is 0.324 bits per heavy atom. The van der Waals surface area contributed by atoms with E-state index < -0.39 is 230 Å². The number of carbonyl (C=O) groups is 8. The number of hydrogen-bond acceptors (Lipinski definition) is 30. The number of hydrogen-bond donors (Lipinski definition) is 0. The Hall–Kier alpha value is -17.8. The quantitative estimate of drug-likeness (QED) is 0.0163. The van der Waals surface area contributed by atoms with Gasteiger partial charge < -0.3 is 106 Å². The van der Waals surface area contributed by atoms with E-state index in [9.17, 15) is 38.4 Å². The van der Waals surface area contributed by atoms with Gasteiger partial charge in [-0.15, -0.1) is 0 Å². The second-order valence-electron chi connectivity index (χ2n) is 30.4. The van der Waals surface area contributed by atoms with Gasteiger partial charge in [-0.2, -0.15) is 0 Å². The van der Waals surface area contributed by atoms with Gasteiger partial charge in [0.2, 0.25) is 46.0 Å². The molecule has 0 unspecified atom stereocenters. The number of aromatic nitrogens is 8. The second kappa shape index (κ2) is 43.1. The molecule has 730 valence electrons. The van der Waals surface area contributed by atoms with Crippen LogP contribution in [0.4, 0.5) is 35.1 Å². The van der Waals surface area contributed by atoms with Crippen LogP contribution in [0.2, 0.25) is 0 Å². The number of nitrogens with zero attached hydrogens (tertiary/aromatic N) is 8. The fraction of sp³-hybridized carbons (Fsp3) is 0.154. The summed E-state index contributed by atoms with van der Waals surface area (Å²) >= 11 is 0. The van der Waals surface area contributed by atoms with Crippen molar-refractivity contribution in [1.29, 1.82) is 0 Å². The molecule has 0 fully saturated rings. The van der Waals surface area contributed by atoms with E-state index in [1.807, 2.05) is 0 Å². The summed E-state index contributed by atoms with van der Waals surface area (Å²) < 4.78 is 248. The van der Waals surface area contributed by atoms with Crippen LogP contribution < -0.4 is 47.9 Å². The molecule has 0 atom stereocenters. The maximum absolute atomic E-state index is 19.6. The first-order valence-electron chi connectivity index (χ1n) is 44.2. The standard InChI is InChI=1S/C104H72F8N8O24.Zn/c1-9-129-97(121)49-17-33-57(34-18-49)137-81-73(105)65-66(74(106)82(81)138-58-35-19-50(20-36-58)98(122)130-10-2)90-113-89(65)117-91-67-68(76(108)84(140-60-39-23-52(24-40-60)100(124)132-12-4)83(75(67)107)139-59-37-21-51(22-38-59)99(123)131-11-3)93(114-91)119-95-71-72(80(112)88(144-64-47-31-56(32-48-64)104(128)136-16-8)87(79(71)111)143-63-45-29-55(30-46-63)103(127)135-15-7)96(116-95)120-94-70-69(92(115-94)118-90)77(109)85(141-61-41-25-53(26-42-61)101(125)133-13-5)86(78(70)110)142-62-43-27-54(28-44-62)102(126)134-14-6;/h17-48H,9-16H2,1-8H3;/q-2;+2. The second-order valence-corrected chi connectivity index (χ2v) is 30.4. The molecule has 2 aliphatic heterocycles. The largest absolute Gasteiger partial charge is 2.00 e. The zero-order valence-electron chi connectivity index (χ0n) is 77.2. The van der Waals surface area contributed by atoms with Crippen molar-refractivity contribution in [3.8, 4) is 138 Å². The van der Waals surface area contributed by atoms with Gasteiger partial charge in [-0.1, -0.05) is 0 Å². The summed E-state index contributed by atoms with van der Waals surface area (Å²) in [6, 6.07) is 37.2. The Kier molecular flexibility index (Phi) is 29.8. The number of carbonyl (C=O) groups excluding carboxylic acids is 8. The molecule has 15 aromatic rings. The van der Waals surface area contributed by atoms with Crippen LogP contribution in [0, 0.1) is 46.5 Å². The molecule has 0 saturated carbocycles. The van der Waals surface area contributed by atoms with E-state index in [1.54, 1.807) is 0 Å². The predicted molar refractivity (Wildman–Crippen MR) is 493 cm³/mol. The van der Waals surface area contributed by atoms with Crippen molar-refractivity contribution >= 4 is 91.9 Å². The van der Waals surface area contributed by atoms with Crippen LogP contribution in [-0.2, 0) is 57.4 Å². The molecular formula is C104H72F8N8O24Zn. The smallest absolute Gasteiger partial charge is 0.462 e. The van der Waals surface area contributed by atoms with Crippen molar-refractivity contribution < 1.29 is 169 Å². The monoisotopic (exact) mass is 2030 g/mol. The van der Waals surface area contributed by atoms with Crippen LogP contribution in [0.15, 0.2) is 194 Å². The number of esters is 8. The van der Waals surface area contributed by atoms with Crippen molar-refractivity contribution in [1.82, 2.24) is 39.9 Å². The molecule has 0 spiro atoms. The van der Waals surface area contributed by atoms with Gasteiger partial charge in [0.15, 0.2) is 46.5 Å². The van der Waals surface area contributed by atoms with E-state index in [4.69, 9.17) is 75.8 Å². The topological polar surface area (TPSA) is 390 Å². The summed E-state index contributed by atoms with van der Waals surface area (Å²) in [5.74, 6) is -38.2. The summed E-state index contributed by atoms with van der Waals surface area (Å²) in [7, 11) is 0. The Morgan fingerprint density at radius 1 is 0.200 bits per heavy atom. The average Bonchev–Trinajstić information content (AvgIpc) is 1.56. The molecule has 17 rings (SSSR count). The summed E-state index contributed by atoms with van der Waals surface area (Å²) in [6.07, 6.45) is 0. The molecule has 145 heavy (non-hydrogen) atoms. The van der Waals surface area contributed by atoms with Crippen LogP contribution in [-0.4, -0.2) is 131 Å². The molecule has 8 bridgehead atoms. The van der Waals surface area contributed by atoms with Crippen LogP contribution >= 0.6 is 0 Å². The molecule has 12 aromatic carbocycles. The van der Waals surface area contributed by atoms with E-state index in [0.717, 1.165) is 97.1 Å². The molecule has 3 aromatic heterocycles. The number of ether oxygens (including phenoxy) is 16. The fourth-order valence-corrected chi connectivity index (χ4v) is 14.8. The minimum absolute atomic E-state index is 0. The van der Waals surface area contributed by atoms with Crippen LogP contribution in [0.1, 0.15) is 138 Å². The van der Waals surface area contributed by atoms with Gasteiger partial charge in [0, 0.05) is 44.1 Å². The van der Waals surface area contributed by atoms with Gasteiger partial charge >= 0.3 is 67.2 Å². The summed E-state index contributed by atoms with van der Waals surface area (Å²) in [5, 5.41) is -4.75. The summed E-state index contributed by atoms with van der Waals surface area (Å²) in [6.45, 7) is 11.7. The van der Waals surface area contributed by atoms with Crippen molar-refractivity contribution in [2.24, 2.45) is 0 Å². The average molecular weight is 2040 g/mol. The van der Waals surface area contributed by atoms with Crippen molar-refractivity contribution in [3.05, 3.63) is 285 Å². The van der Waals surface area contributed by atoms with Crippen molar-refractivity contribution in [3.63, 3.8) is 0 Å². The molecule has 0 saturated heterocycles. The van der Waals surface area contributed by atoms with Gasteiger partial charge in [-0.3, -0.25) is 0 Å². The number of benzene rings is 12. The van der Waals surface area contributed by atoms with Gasteiger partial charge in [0.05, 0.1) is 143 Å². The number of halogens is 8. The first-order chi connectivity index (χ1) is 69.6. The number of rotatable bonds is 32. The third-order valence-corrected chi connectivity index (χ3v) is 21.3. The Balaban J connectivity index is 0.0000151. The SMILES string of the molecule is CCOC(=O)c1ccc(Oc2c(F)c3c(c(F)c2Oc2ccc(C(=O)OCC)cc2)-c2nc-3nc3[n-]c(nc4nc(nc5[n-]c(n2)c2c(F)c(Oc6ccc(C(=O)OCC)cc6)c(Oc6ccc(C(=O)OCC)cc6)c(F)c52)-c2c(F)c(Oc5ccc(C(=O)OCC)cc5)c(Oc5ccc(C(=O)OCC)cc5)c(F)c2-4)c2c(F)c(Oc4ccc(C(=O)OCC)cc4)c(Oc4ccc(C(=O)OCC)cc4)c(F)c32)cc1.[Zn+2]. The summed E-state index contributed by atoms with van der Waals surface area (Å²) in [5.41, 5.74) is -10.1. The molecule has 41 heteroatoms. The van der Waals surface area contributed by atoms with Gasteiger partial charge in [-0.05, 0) is 250 Å². The molecular weight excluding hydrogens is 1960 g/mol. The van der Waals surface area contributed by atoms with E-state index in [-0.39, 0.29) is 163 Å². The maximum atomic E-state index is 19.6. The van der Waals surface area contributed by atoms with Gasteiger partial charge in [0.25, 0.3) is 0 Å². The van der Waals surface area contributed by atoms with Crippen LogP contribution in [0.25, 0.3) is 89.7 Å². The van der Waals surface area contributed by atoms with Crippen LogP contribution in [0.3, 0.4) is 0 Å². The van der Waals surface area contributed by atoms with Crippen LogP contribution in [0.5, 0.6) is 92.0 Å².